The summed E-state index contributed by atoms with van der Waals surface area (Å²) in [6.07, 6.45) is 2.61. The van der Waals surface area contributed by atoms with Crippen LogP contribution in [0.2, 0.25) is 0 Å². The Bertz CT molecular complexity index is 501. The smallest absolute Gasteiger partial charge is 0.292 e. The van der Waals surface area contributed by atoms with Crippen LogP contribution in [-0.2, 0) is 4.79 Å². The Hall–Kier alpha value is -2.02. The number of hydrogen-bond acceptors (Lipinski definition) is 4. The first-order chi connectivity index (χ1) is 9.08. The molecule has 0 unspecified atom stereocenters. The van der Waals surface area contributed by atoms with Gasteiger partial charge in [-0.2, -0.15) is 0 Å². The van der Waals surface area contributed by atoms with Gasteiger partial charge in [-0.15, -0.1) is 0 Å². The standard InChI is InChI=1S/C12H14FN3O3/c13-8-4-5-11(16(18)19)10(7-8)15-12(17)9-3-1-2-6-14-9/h4-5,7,9,14H,1-3,6H2,(H,15,17)/t9-/m1/s1. The number of halogens is 1. The van der Waals surface area contributed by atoms with Crippen LogP contribution in [0.4, 0.5) is 15.8 Å². The second-order valence-corrected chi connectivity index (χ2v) is 4.41. The van der Waals surface area contributed by atoms with E-state index in [2.05, 4.69) is 10.6 Å². The van der Waals surface area contributed by atoms with Crippen molar-refractivity contribution in [2.24, 2.45) is 0 Å². The zero-order valence-electron chi connectivity index (χ0n) is 10.2. The first-order valence-electron chi connectivity index (χ1n) is 6.06. The van der Waals surface area contributed by atoms with Crippen LogP contribution in [0.3, 0.4) is 0 Å². The molecule has 6 nitrogen and oxygen atoms in total. The van der Waals surface area contributed by atoms with E-state index in [1.54, 1.807) is 0 Å². The van der Waals surface area contributed by atoms with Crippen LogP contribution in [0, 0.1) is 15.9 Å². The Kier molecular flexibility index (Phi) is 4.06. The summed E-state index contributed by atoms with van der Waals surface area (Å²) in [7, 11) is 0. The topological polar surface area (TPSA) is 84.3 Å². The summed E-state index contributed by atoms with van der Waals surface area (Å²) in [4.78, 5) is 22.1. The van der Waals surface area contributed by atoms with Crippen molar-refractivity contribution in [3.05, 3.63) is 34.1 Å². The molecule has 2 N–H and O–H groups in total. The van der Waals surface area contributed by atoms with Gasteiger partial charge in [0, 0.05) is 12.1 Å². The van der Waals surface area contributed by atoms with Gasteiger partial charge in [-0.25, -0.2) is 4.39 Å². The molecule has 0 spiro atoms. The molecule has 0 aliphatic carbocycles. The van der Waals surface area contributed by atoms with Crippen molar-refractivity contribution in [1.82, 2.24) is 5.32 Å². The molecule has 1 aromatic rings. The molecule has 1 aliphatic heterocycles. The molecule has 19 heavy (non-hydrogen) atoms. The van der Waals surface area contributed by atoms with Gasteiger partial charge in [0.25, 0.3) is 5.69 Å². The van der Waals surface area contributed by atoms with E-state index in [4.69, 9.17) is 0 Å². The van der Waals surface area contributed by atoms with Crippen LogP contribution in [0.25, 0.3) is 0 Å². The number of benzene rings is 1. The molecule has 1 amide bonds. The van der Waals surface area contributed by atoms with E-state index in [0.717, 1.165) is 37.6 Å². The maximum atomic E-state index is 13.1. The Labute approximate surface area is 109 Å². The van der Waals surface area contributed by atoms with Crippen molar-refractivity contribution in [3.63, 3.8) is 0 Å². The number of piperidine rings is 1. The predicted octanol–water partition coefficient (Wildman–Crippen LogP) is 1.81. The maximum Gasteiger partial charge on any atom is 0.292 e. The van der Waals surface area contributed by atoms with Crippen molar-refractivity contribution in [3.8, 4) is 0 Å². The Morgan fingerprint density at radius 2 is 2.26 bits per heavy atom. The summed E-state index contributed by atoms with van der Waals surface area (Å²) in [5.74, 6) is -0.995. The zero-order valence-corrected chi connectivity index (χ0v) is 10.2. The largest absolute Gasteiger partial charge is 0.319 e. The summed E-state index contributed by atoms with van der Waals surface area (Å²) in [5, 5.41) is 16.3. The Morgan fingerprint density at radius 1 is 1.47 bits per heavy atom. The molecule has 1 atom stereocenters. The van der Waals surface area contributed by atoms with E-state index in [1.165, 1.54) is 0 Å². The lowest BCUT2D eigenvalue weighted by Gasteiger charge is -2.22. The highest BCUT2D eigenvalue weighted by Crippen LogP contribution is 2.25. The molecular weight excluding hydrogens is 253 g/mol. The molecule has 1 aliphatic rings. The van der Waals surface area contributed by atoms with Crippen LogP contribution in [0.1, 0.15) is 19.3 Å². The van der Waals surface area contributed by atoms with Crippen LogP contribution >= 0.6 is 0 Å². The summed E-state index contributed by atoms with van der Waals surface area (Å²) in [6.45, 7) is 0.739. The monoisotopic (exact) mass is 267 g/mol. The molecule has 102 valence electrons. The van der Waals surface area contributed by atoms with Crippen molar-refractivity contribution >= 4 is 17.3 Å². The summed E-state index contributed by atoms with van der Waals surface area (Å²) in [6, 6.07) is 2.61. The molecule has 0 saturated carbocycles. The van der Waals surface area contributed by atoms with Gasteiger partial charge in [-0.1, -0.05) is 6.42 Å². The summed E-state index contributed by atoms with van der Waals surface area (Å²) in [5.41, 5.74) is -0.423. The van der Waals surface area contributed by atoms with Crippen molar-refractivity contribution < 1.29 is 14.1 Å². The van der Waals surface area contributed by atoms with E-state index >= 15 is 0 Å². The molecule has 1 aromatic carbocycles. The molecule has 0 bridgehead atoms. The number of nitro benzene ring substituents is 1. The first-order valence-corrected chi connectivity index (χ1v) is 6.06. The van der Waals surface area contributed by atoms with Gasteiger partial charge in [-0.3, -0.25) is 14.9 Å². The number of anilines is 1. The average Bonchev–Trinajstić information content (AvgIpc) is 2.39. The number of hydrogen-bond donors (Lipinski definition) is 2. The molecule has 1 heterocycles. The SMILES string of the molecule is O=C(Nc1cc(F)ccc1[N+](=O)[O-])[C@H]1CCCCN1. The fourth-order valence-corrected chi connectivity index (χ4v) is 2.06. The number of carbonyl (C=O) groups excluding carboxylic acids is 1. The highest BCUT2D eigenvalue weighted by molar-refractivity contribution is 5.96. The quantitative estimate of drug-likeness (QED) is 0.646. The Morgan fingerprint density at radius 3 is 2.89 bits per heavy atom. The summed E-state index contributed by atoms with van der Waals surface area (Å²) >= 11 is 0. The molecule has 1 saturated heterocycles. The third kappa shape index (κ3) is 3.25. The van der Waals surface area contributed by atoms with Gasteiger partial charge >= 0.3 is 0 Å². The van der Waals surface area contributed by atoms with Crippen LogP contribution in [0.5, 0.6) is 0 Å². The van der Waals surface area contributed by atoms with E-state index in [0.29, 0.717) is 6.42 Å². The normalized spacial score (nSPS) is 18.9. The van der Waals surface area contributed by atoms with E-state index in [1.807, 2.05) is 0 Å². The lowest BCUT2D eigenvalue weighted by Crippen LogP contribution is -2.43. The number of amides is 1. The fraction of sp³-hybridized carbons (Fsp3) is 0.417. The number of nitrogens with one attached hydrogen (secondary N) is 2. The van der Waals surface area contributed by atoms with Crippen molar-refractivity contribution in [2.75, 3.05) is 11.9 Å². The van der Waals surface area contributed by atoms with Crippen LogP contribution in [-0.4, -0.2) is 23.4 Å². The third-order valence-corrected chi connectivity index (χ3v) is 3.04. The molecule has 7 heteroatoms. The summed E-state index contributed by atoms with van der Waals surface area (Å²) < 4.78 is 13.1. The van der Waals surface area contributed by atoms with Gasteiger partial charge in [-0.05, 0) is 25.5 Å². The van der Waals surface area contributed by atoms with E-state index in [9.17, 15) is 19.3 Å². The first kappa shape index (κ1) is 13.4. The van der Waals surface area contributed by atoms with E-state index in [-0.39, 0.29) is 23.3 Å². The number of nitrogens with zero attached hydrogens (tertiary/aromatic N) is 1. The van der Waals surface area contributed by atoms with Crippen molar-refractivity contribution in [1.29, 1.82) is 0 Å². The molecule has 0 aromatic heterocycles. The Balaban J connectivity index is 2.15. The van der Waals surface area contributed by atoms with Crippen LogP contribution < -0.4 is 10.6 Å². The molecular formula is C12H14FN3O3. The van der Waals surface area contributed by atoms with Crippen LogP contribution in [0.15, 0.2) is 18.2 Å². The van der Waals surface area contributed by atoms with Gasteiger partial charge in [0.15, 0.2) is 0 Å². The minimum atomic E-state index is -0.649. The van der Waals surface area contributed by atoms with Gasteiger partial charge in [0.2, 0.25) is 5.91 Å². The lowest BCUT2D eigenvalue weighted by atomic mass is 10.0. The third-order valence-electron chi connectivity index (χ3n) is 3.04. The minimum absolute atomic E-state index is 0.109. The van der Waals surface area contributed by atoms with Crippen molar-refractivity contribution in [2.45, 2.75) is 25.3 Å². The second kappa shape index (κ2) is 5.75. The highest BCUT2D eigenvalue weighted by Gasteiger charge is 2.23. The predicted molar refractivity (Wildman–Crippen MR) is 67.3 cm³/mol. The molecule has 1 fully saturated rings. The number of rotatable bonds is 3. The zero-order chi connectivity index (χ0) is 13.8. The molecule has 0 radical (unpaired) electrons. The van der Waals surface area contributed by atoms with Gasteiger partial charge < -0.3 is 10.6 Å². The lowest BCUT2D eigenvalue weighted by molar-refractivity contribution is -0.384. The highest BCUT2D eigenvalue weighted by atomic mass is 19.1. The maximum absolute atomic E-state index is 13.1. The fourth-order valence-electron chi connectivity index (χ4n) is 2.06. The number of nitro groups is 1. The average molecular weight is 267 g/mol. The second-order valence-electron chi connectivity index (χ2n) is 4.41. The molecule has 2 rings (SSSR count). The minimum Gasteiger partial charge on any atom is -0.319 e. The number of carbonyl (C=O) groups is 1. The van der Waals surface area contributed by atoms with Gasteiger partial charge in [0.05, 0.1) is 11.0 Å². The van der Waals surface area contributed by atoms with Gasteiger partial charge in [0.1, 0.15) is 11.5 Å². The van der Waals surface area contributed by atoms with E-state index < -0.39 is 10.7 Å².